The molecule has 6 nitrogen and oxygen atoms in total. The molecule has 2 rings (SSSR count). The number of nitrogens with one attached hydrogen (secondary N) is 2. The number of ether oxygens (including phenoxy) is 1. The predicted octanol–water partition coefficient (Wildman–Crippen LogP) is -0.353. The maximum absolute atomic E-state index is 11.2. The first kappa shape index (κ1) is 9.85. The number of carbonyl (C=O) groups excluding carboxylic acids is 1. The van der Waals surface area contributed by atoms with Gasteiger partial charge in [-0.05, 0) is 6.07 Å². The van der Waals surface area contributed by atoms with Crippen LogP contribution < -0.4 is 10.6 Å². The molecule has 0 unspecified atom stereocenters. The summed E-state index contributed by atoms with van der Waals surface area (Å²) in [7, 11) is 1.33. The van der Waals surface area contributed by atoms with E-state index in [9.17, 15) is 4.79 Å². The number of carbonyl (C=O) groups is 1. The van der Waals surface area contributed by atoms with Crippen molar-refractivity contribution in [3.63, 3.8) is 0 Å². The van der Waals surface area contributed by atoms with Crippen molar-refractivity contribution >= 4 is 11.9 Å². The van der Waals surface area contributed by atoms with E-state index in [0.29, 0.717) is 12.0 Å². The largest absolute Gasteiger partial charge is 0.464 e. The molecule has 0 radical (unpaired) electrons. The molecule has 2 heterocycles. The monoisotopic (exact) mass is 208 g/mol. The summed E-state index contributed by atoms with van der Waals surface area (Å²) in [6, 6.07) is 1.87. The molecule has 1 aromatic heterocycles. The van der Waals surface area contributed by atoms with E-state index in [4.69, 9.17) is 0 Å². The average molecular weight is 208 g/mol. The number of hydrogen-bond acceptors (Lipinski definition) is 6. The van der Waals surface area contributed by atoms with Gasteiger partial charge in [-0.1, -0.05) is 0 Å². The second-order valence-corrected chi connectivity index (χ2v) is 3.26. The second kappa shape index (κ2) is 4.22. The molecule has 1 saturated heterocycles. The molecule has 0 amide bonds. The predicted molar refractivity (Wildman–Crippen MR) is 53.7 cm³/mol. The van der Waals surface area contributed by atoms with Gasteiger partial charge in [0.25, 0.3) is 0 Å². The Morgan fingerprint density at radius 3 is 3.07 bits per heavy atom. The van der Waals surface area contributed by atoms with E-state index < -0.39 is 5.97 Å². The summed E-state index contributed by atoms with van der Waals surface area (Å²) in [4.78, 5) is 19.2. The summed E-state index contributed by atoms with van der Waals surface area (Å²) < 4.78 is 4.57. The molecular formula is C9H12N4O2. The van der Waals surface area contributed by atoms with E-state index in [1.807, 2.05) is 0 Å². The molecule has 0 bridgehead atoms. The topological polar surface area (TPSA) is 76.1 Å². The van der Waals surface area contributed by atoms with Crippen LogP contribution in [-0.4, -0.2) is 42.2 Å². The number of hydrogen-bond donors (Lipinski definition) is 2. The lowest BCUT2D eigenvalue weighted by Gasteiger charge is -2.27. The average Bonchev–Trinajstić information content (AvgIpc) is 2.23. The summed E-state index contributed by atoms with van der Waals surface area (Å²) >= 11 is 0. The van der Waals surface area contributed by atoms with Gasteiger partial charge in [0.1, 0.15) is 0 Å². The highest BCUT2D eigenvalue weighted by Crippen LogP contribution is 2.05. The smallest absolute Gasteiger partial charge is 0.356 e. The minimum absolute atomic E-state index is 0.266. The highest BCUT2D eigenvalue weighted by atomic mass is 16.5. The van der Waals surface area contributed by atoms with Gasteiger partial charge in [-0.3, -0.25) is 0 Å². The summed E-state index contributed by atoms with van der Waals surface area (Å²) in [5.41, 5.74) is 0.266. The Morgan fingerprint density at radius 1 is 1.67 bits per heavy atom. The molecule has 1 fully saturated rings. The molecule has 6 heteroatoms. The lowest BCUT2D eigenvalue weighted by Crippen LogP contribution is -2.51. The molecule has 1 aromatic rings. The lowest BCUT2D eigenvalue weighted by molar-refractivity contribution is 0.0594. The van der Waals surface area contributed by atoms with Crippen LogP contribution in [0.5, 0.6) is 0 Å². The molecular weight excluding hydrogens is 196 g/mol. The number of rotatable bonds is 3. The minimum atomic E-state index is -0.452. The van der Waals surface area contributed by atoms with E-state index in [1.165, 1.54) is 19.4 Å². The Hall–Kier alpha value is -1.69. The van der Waals surface area contributed by atoms with Crippen LogP contribution in [0.4, 0.5) is 5.95 Å². The van der Waals surface area contributed by atoms with Crippen molar-refractivity contribution in [3.05, 3.63) is 18.0 Å². The molecule has 1 aliphatic rings. The van der Waals surface area contributed by atoms with E-state index in [0.717, 1.165) is 13.1 Å². The highest BCUT2D eigenvalue weighted by Gasteiger charge is 2.17. The van der Waals surface area contributed by atoms with Crippen LogP contribution in [-0.2, 0) is 4.74 Å². The molecule has 2 N–H and O–H groups in total. The standard InChI is InChI=1S/C9H12N4O2/c1-15-8(14)7-2-3-11-9(13-7)12-6-4-10-5-6/h2-3,6,10H,4-5H2,1H3,(H,11,12,13). The second-order valence-electron chi connectivity index (χ2n) is 3.26. The van der Waals surface area contributed by atoms with E-state index in [2.05, 4.69) is 25.3 Å². The summed E-state index contributed by atoms with van der Waals surface area (Å²) in [5, 5.41) is 6.23. The molecule has 0 atom stereocenters. The fourth-order valence-corrected chi connectivity index (χ4v) is 1.22. The normalized spacial score (nSPS) is 15.5. The van der Waals surface area contributed by atoms with Crippen molar-refractivity contribution in [3.8, 4) is 0 Å². The Kier molecular flexibility index (Phi) is 2.77. The first-order chi connectivity index (χ1) is 7.29. The Labute approximate surface area is 87.1 Å². The zero-order chi connectivity index (χ0) is 10.7. The fourth-order valence-electron chi connectivity index (χ4n) is 1.22. The summed E-state index contributed by atoms with van der Waals surface area (Å²) in [5.74, 6) is 0.0107. The van der Waals surface area contributed by atoms with Crippen molar-refractivity contribution < 1.29 is 9.53 Å². The fraction of sp³-hybridized carbons (Fsp3) is 0.444. The van der Waals surface area contributed by atoms with Crippen LogP contribution in [0.3, 0.4) is 0 Å². The molecule has 1 aliphatic heterocycles. The number of aromatic nitrogens is 2. The van der Waals surface area contributed by atoms with Gasteiger partial charge in [0.15, 0.2) is 5.69 Å². The van der Waals surface area contributed by atoms with Gasteiger partial charge in [-0.15, -0.1) is 0 Å². The van der Waals surface area contributed by atoms with Gasteiger partial charge in [0, 0.05) is 19.3 Å². The van der Waals surface area contributed by atoms with Crippen LogP contribution >= 0.6 is 0 Å². The van der Waals surface area contributed by atoms with Gasteiger partial charge in [-0.25, -0.2) is 14.8 Å². The lowest BCUT2D eigenvalue weighted by atomic mass is 10.2. The van der Waals surface area contributed by atoms with Gasteiger partial charge in [-0.2, -0.15) is 0 Å². The Morgan fingerprint density at radius 2 is 2.47 bits per heavy atom. The number of methoxy groups -OCH3 is 1. The zero-order valence-electron chi connectivity index (χ0n) is 8.36. The maximum atomic E-state index is 11.2. The quantitative estimate of drug-likeness (QED) is 0.661. The maximum Gasteiger partial charge on any atom is 0.356 e. The van der Waals surface area contributed by atoms with Gasteiger partial charge >= 0.3 is 5.97 Å². The summed E-state index contributed by atoms with van der Waals surface area (Å²) in [6.45, 7) is 1.79. The molecule has 0 spiro atoms. The Balaban J connectivity index is 2.07. The molecule has 0 saturated carbocycles. The van der Waals surface area contributed by atoms with Crippen LogP contribution in [0.2, 0.25) is 0 Å². The number of nitrogens with zero attached hydrogens (tertiary/aromatic N) is 2. The SMILES string of the molecule is COC(=O)c1ccnc(NC2CNC2)n1. The van der Waals surface area contributed by atoms with Crippen molar-refractivity contribution in [2.24, 2.45) is 0 Å². The third-order valence-corrected chi connectivity index (χ3v) is 2.16. The Bertz CT molecular complexity index is 365. The van der Waals surface area contributed by atoms with Crippen molar-refractivity contribution in [1.29, 1.82) is 0 Å². The third-order valence-electron chi connectivity index (χ3n) is 2.16. The van der Waals surface area contributed by atoms with E-state index >= 15 is 0 Å². The van der Waals surface area contributed by atoms with Crippen LogP contribution in [0.15, 0.2) is 12.3 Å². The first-order valence-corrected chi connectivity index (χ1v) is 4.68. The molecule has 0 aliphatic carbocycles. The molecule has 0 aromatic carbocycles. The first-order valence-electron chi connectivity index (χ1n) is 4.68. The third kappa shape index (κ3) is 2.21. The van der Waals surface area contributed by atoms with Gasteiger partial charge < -0.3 is 15.4 Å². The van der Waals surface area contributed by atoms with Gasteiger partial charge in [0.2, 0.25) is 5.95 Å². The summed E-state index contributed by atoms with van der Waals surface area (Å²) in [6.07, 6.45) is 1.54. The van der Waals surface area contributed by atoms with Crippen molar-refractivity contribution in [2.75, 3.05) is 25.5 Å². The number of esters is 1. The zero-order valence-corrected chi connectivity index (χ0v) is 8.36. The van der Waals surface area contributed by atoms with Crippen molar-refractivity contribution in [1.82, 2.24) is 15.3 Å². The molecule has 15 heavy (non-hydrogen) atoms. The van der Waals surface area contributed by atoms with E-state index in [-0.39, 0.29) is 5.69 Å². The molecule has 80 valence electrons. The van der Waals surface area contributed by atoms with Crippen molar-refractivity contribution in [2.45, 2.75) is 6.04 Å². The van der Waals surface area contributed by atoms with Crippen LogP contribution in [0, 0.1) is 0 Å². The number of anilines is 1. The van der Waals surface area contributed by atoms with Crippen LogP contribution in [0.25, 0.3) is 0 Å². The van der Waals surface area contributed by atoms with Crippen LogP contribution in [0.1, 0.15) is 10.5 Å². The minimum Gasteiger partial charge on any atom is -0.464 e. The van der Waals surface area contributed by atoms with Gasteiger partial charge in [0.05, 0.1) is 13.2 Å². The van der Waals surface area contributed by atoms with E-state index in [1.54, 1.807) is 0 Å². The highest BCUT2D eigenvalue weighted by molar-refractivity contribution is 5.87.